The summed E-state index contributed by atoms with van der Waals surface area (Å²) in [5.74, 6) is -1.72. The smallest absolute Gasteiger partial charge is 0.475 e. The lowest BCUT2D eigenvalue weighted by molar-refractivity contribution is -0.192. The van der Waals surface area contributed by atoms with Gasteiger partial charge < -0.3 is 10.0 Å². The summed E-state index contributed by atoms with van der Waals surface area (Å²) >= 11 is 1.73. The molecule has 0 spiro atoms. The molecule has 3 aliphatic rings. The van der Waals surface area contributed by atoms with Crippen LogP contribution in [0.3, 0.4) is 0 Å². The second kappa shape index (κ2) is 6.72. The Morgan fingerprint density at radius 1 is 1.42 bits per heavy atom. The van der Waals surface area contributed by atoms with Crippen molar-refractivity contribution in [3.63, 3.8) is 0 Å². The first-order valence-electron chi connectivity index (χ1n) is 7.34. The Labute approximate surface area is 141 Å². The van der Waals surface area contributed by atoms with Gasteiger partial charge in [0.1, 0.15) is 5.54 Å². The van der Waals surface area contributed by atoms with E-state index < -0.39 is 12.1 Å². The summed E-state index contributed by atoms with van der Waals surface area (Å²) < 4.78 is 31.7. The van der Waals surface area contributed by atoms with Crippen molar-refractivity contribution in [3.05, 3.63) is 22.4 Å². The Balaban J connectivity index is 0.000000256. The zero-order chi connectivity index (χ0) is 18.1. The minimum atomic E-state index is -5.08. The number of carboxylic acids is 1. The lowest BCUT2D eigenvalue weighted by atomic mass is 9.72. The van der Waals surface area contributed by atoms with Crippen molar-refractivity contribution in [1.29, 1.82) is 0 Å². The van der Waals surface area contributed by atoms with E-state index in [1.807, 2.05) is 14.1 Å². The number of nitrogens with zero attached hydrogens (tertiary/aromatic N) is 2. The van der Waals surface area contributed by atoms with Crippen LogP contribution in [0.25, 0.3) is 0 Å². The van der Waals surface area contributed by atoms with Gasteiger partial charge in [0.05, 0.1) is 0 Å². The van der Waals surface area contributed by atoms with Gasteiger partial charge in [0.15, 0.2) is 0 Å². The van der Waals surface area contributed by atoms with Crippen molar-refractivity contribution < 1.29 is 27.9 Å². The maximum Gasteiger partial charge on any atom is 0.490 e. The molecule has 1 amide bonds. The van der Waals surface area contributed by atoms with Crippen molar-refractivity contribution in [1.82, 2.24) is 9.80 Å². The summed E-state index contributed by atoms with van der Waals surface area (Å²) in [6.45, 7) is 2.02. The molecule has 2 bridgehead atoms. The normalized spacial score (nSPS) is 25.5. The SMILES string of the molecule is CN(C)C(=O)C12CC(CN1Cc1ccsc1)C2.O=C(O)C(F)(F)F. The Bertz CT molecular complexity index is 596. The predicted molar refractivity (Wildman–Crippen MR) is 82.6 cm³/mol. The quantitative estimate of drug-likeness (QED) is 0.895. The standard InChI is InChI=1S/C13H18N2OS.C2HF3O2/c1-14(2)12(16)13-5-11(6-13)8-15(13)7-10-3-4-17-9-10;3-2(4,5)1(6)7/h3-4,9,11H,5-8H2,1-2H3;(H,6,7). The second-order valence-corrected chi connectivity index (χ2v) is 7.10. The van der Waals surface area contributed by atoms with E-state index in [0.717, 1.165) is 31.8 Å². The van der Waals surface area contributed by atoms with Gasteiger partial charge in [-0.25, -0.2) is 4.79 Å². The van der Waals surface area contributed by atoms with Gasteiger partial charge in [-0.1, -0.05) is 0 Å². The number of halogens is 3. The Kier molecular flexibility index (Phi) is 5.24. The first-order valence-corrected chi connectivity index (χ1v) is 8.28. The molecule has 2 aliphatic heterocycles. The highest BCUT2D eigenvalue weighted by Crippen LogP contribution is 2.51. The van der Waals surface area contributed by atoms with Crippen molar-refractivity contribution in [3.8, 4) is 0 Å². The number of rotatable bonds is 3. The Hall–Kier alpha value is -1.61. The number of amides is 1. The summed E-state index contributed by atoms with van der Waals surface area (Å²) in [6.07, 6.45) is -2.96. The fourth-order valence-electron chi connectivity index (χ4n) is 3.31. The van der Waals surface area contributed by atoms with Gasteiger partial charge in [0, 0.05) is 27.2 Å². The Morgan fingerprint density at radius 2 is 2.00 bits per heavy atom. The second-order valence-electron chi connectivity index (χ2n) is 6.32. The predicted octanol–water partition coefficient (Wildman–Crippen LogP) is 2.43. The molecule has 2 saturated heterocycles. The Morgan fingerprint density at radius 3 is 2.42 bits per heavy atom. The monoisotopic (exact) mass is 364 g/mol. The van der Waals surface area contributed by atoms with E-state index in [-0.39, 0.29) is 5.54 Å². The average molecular weight is 364 g/mol. The summed E-state index contributed by atoms with van der Waals surface area (Å²) in [4.78, 5) is 25.4. The van der Waals surface area contributed by atoms with Gasteiger partial charge in [0.25, 0.3) is 0 Å². The van der Waals surface area contributed by atoms with Gasteiger partial charge in [-0.05, 0) is 41.1 Å². The lowest BCUT2D eigenvalue weighted by Crippen LogP contribution is -2.56. The molecule has 1 N–H and O–H groups in total. The summed E-state index contributed by atoms with van der Waals surface area (Å²) in [5, 5.41) is 11.4. The molecule has 9 heteroatoms. The number of carbonyl (C=O) groups excluding carboxylic acids is 1. The molecule has 0 unspecified atom stereocenters. The largest absolute Gasteiger partial charge is 0.490 e. The van der Waals surface area contributed by atoms with Crippen LogP contribution in [0.15, 0.2) is 16.8 Å². The van der Waals surface area contributed by atoms with E-state index in [4.69, 9.17) is 9.90 Å². The molecule has 0 radical (unpaired) electrons. The summed E-state index contributed by atoms with van der Waals surface area (Å²) in [7, 11) is 3.73. The molecule has 0 aromatic carbocycles. The van der Waals surface area contributed by atoms with Gasteiger partial charge in [0.2, 0.25) is 5.91 Å². The molecule has 1 saturated carbocycles. The number of thiophene rings is 1. The fraction of sp³-hybridized carbons (Fsp3) is 0.600. The van der Waals surface area contributed by atoms with Crippen LogP contribution >= 0.6 is 11.3 Å². The van der Waals surface area contributed by atoms with E-state index in [2.05, 4.69) is 21.7 Å². The van der Waals surface area contributed by atoms with Crippen LogP contribution in [0.4, 0.5) is 13.2 Å². The van der Waals surface area contributed by atoms with Gasteiger partial charge in [-0.3, -0.25) is 9.69 Å². The summed E-state index contributed by atoms with van der Waals surface area (Å²) in [5.41, 5.74) is 1.17. The highest BCUT2D eigenvalue weighted by Gasteiger charge is 2.60. The molecule has 134 valence electrons. The van der Waals surface area contributed by atoms with Gasteiger partial charge in [-0.15, -0.1) is 0 Å². The number of alkyl halides is 3. The van der Waals surface area contributed by atoms with Crippen molar-refractivity contribution in [2.75, 3.05) is 20.6 Å². The van der Waals surface area contributed by atoms with E-state index in [0.29, 0.717) is 5.91 Å². The van der Waals surface area contributed by atoms with Crippen LogP contribution < -0.4 is 0 Å². The number of carbonyl (C=O) groups is 2. The topological polar surface area (TPSA) is 60.9 Å². The maximum atomic E-state index is 12.3. The molecule has 1 aliphatic carbocycles. The van der Waals surface area contributed by atoms with Crippen LogP contribution in [0.5, 0.6) is 0 Å². The van der Waals surface area contributed by atoms with Crippen molar-refractivity contribution in [2.24, 2.45) is 5.92 Å². The zero-order valence-electron chi connectivity index (χ0n) is 13.3. The number of hydrogen-bond donors (Lipinski definition) is 1. The van der Waals surface area contributed by atoms with Crippen molar-refractivity contribution >= 4 is 23.2 Å². The van der Waals surface area contributed by atoms with Crippen LogP contribution in [-0.2, 0) is 16.1 Å². The molecule has 3 heterocycles. The maximum absolute atomic E-state index is 12.3. The molecule has 0 atom stereocenters. The number of fused-ring (bicyclic) bond motifs is 1. The molecular weight excluding hydrogens is 345 g/mol. The van der Waals surface area contributed by atoms with E-state index in [1.165, 1.54) is 5.56 Å². The minimum Gasteiger partial charge on any atom is -0.475 e. The average Bonchev–Trinajstić information content (AvgIpc) is 3.11. The number of carboxylic acid groups (broad SMARTS) is 1. The molecule has 4 rings (SSSR count). The van der Waals surface area contributed by atoms with Crippen LogP contribution in [0.2, 0.25) is 0 Å². The fourth-order valence-corrected chi connectivity index (χ4v) is 3.97. The third-order valence-electron chi connectivity index (χ3n) is 4.34. The third-order valence-corrected chi connectivity index (χ3v) is 5.07. The third kappa shape index (κ3) is 3.72. The van der Waals surface area contributed by atoms with E-state index in [9.17, 15) is 18.0 Å². The highest BCUT2D eigenvalue weighted by atomic mass is 32.1. The van der Waals surface area contributed by atoms with Crippen LogP contribution in [-0.4, -0.2) is 59.1 Å². The molecule has 1 aromatic heterocycles. The molecule has 24 heavy (non-hydrogen) atoms. The van der Waals surface area contributed by atoms with Crippen LogP contribution in [0.1, 0.15) is 18.4 Å². The van der Waals surface area contributed by atoms with E-state index >= 15 is 0 Å². The van der Waals surface area contributed by atoms with Gasteiger partial charge >= 0.3 is 12.1 Å². The zero-order valence-corrected chi connectivity index (χ0v) is 14.2. The van der Waals surface area contributed by atoms with Gasteiger partial charge in [-0.2, -0.15) is 24.5 Å². The first-order chi connectivity index (χ1) is 11.1. The summed E-state index contributed by atoms with van der Waals surface area (Å²) in [6, 6.07) is 2.16. The van der Waals surface area contributed by atoms with E-state index in [1.54, 1.807) is 16.2 Å². The van der Waals surface area contributed by atoms with Crippen molar-refractivity contribution in [2.45, 2.75) is 31.1 Å². The highest BCUT2D eigenvalue weighted by molar-refractivity contribution is 7.07. The van der Waals surface area contributed by atoms with Crippen LogP contribution in [0, 0.1) is 5.92 Å². The molecule has 5 nitrogen and oxygen atoms in total. The molecule has 1 aromatic rings. The number of likely N-dealkylation sites (N-methyl/N-ethyl adjacent to an activating group) is 1. The minimum absolute atomic E-state index is 0.171. The molecule has 3 fully saturated rings. The first kappa shape index (κ1) is 18.7. The number of hydrogen-bond acceptors (Lipinski definition) is 4. The number of aliphatic carboxylic acids is 1. The lowest BCUT2D eigenvalue weighted by Gasteiger charge is -2.42. The molecular formula is C15H19F3N2O3S.